The average molecular weight is 372 g/mol. The fraction of sp³-hybridized carbons (Fsp3) is 0.562. The first-order valence-corrected chi connectivity index (χ1v) is 9.22. The number of nitrogens with one attached hydrogen (secondary N) is 1. The number of fused-ring (bicyclic) bond motifs is 2. The lowest BCUT2D eigenvalue weighted by molar-refractivity contribution is 0.251. The van der Waals surface area contributed by atoms with Gasteiger partial charge in [-0.2, -0.15) is 9.57 Å². The molecule has 6 nitrogen and oxygen atoms in total. The number of benzene rings is 1. The van der Waals surface area contributed by atoms with Crippen LogP contribution in [0.1, 0.15) is 31.2 Å². The zero-order chi connectivity index (χ0) is 16.6. The van der Waals surface area contributed by atoms with Gasteiger partial charge >= 0.3 is 0 Å². The normalized spacial score (nSPS) is 25.8. The van der Waals surface area contributed by atoms with Gasteiger partial charge in [-0.1, -0.05) is 0 Å². The van der Waals surface area contributed by atoms with Crippen molar-refractivity contribution in [3.63, 3.8) is 0 Å². The van der Waals surface area contributed by atoms with E-state index >= 15 is 0 Å². The summed E-state index contributed by atoms with van der Waals surface area (Å²) >= 11 is 0. The summed E-state index contributed by atoms with van der Waals surface area (Å²) in [6, 6.07) is 7.26. The topological polar surface area (TPSA) is 82.4 Å². The van der Waals surface area contributed by atoms with Crippen LogP contribution in [0.3, 0.4) is 0 Å². The Kier molecular flexibility index (Phi) is 5.76. The average Bonchev–Trinajstić information content (AvgIpc) is 2.91. The molecule has 0 spiro atoms. The lowest BCUT2D eigenvalue weighted by Gasteiger charge is -2.35. The second-order valence-corrected chi connectivity index (χ2v) is 8.23. The molecule has 0 saturated carbocycles. The molecule has 0 aromatic heterocycles. The van der Waals surface area contributed by atoms with E-state index in [1.165, 1.54) is 29.6 Å². The van der Waals surface area contributed by atoms with Crippen LogP contribution in [0.15, 0.2) is 23.1 Å². The second-order valence-electron chi connectivity index (χ2n) is 6.26. The van der Waals surface area contributed by atoms with E-state index in [1.54, 1.807) is 7.05 Å². The van der Waals surface area contributed by atoms with Gasteiger partial charge in [0.25, 0.3) is 0 Å². The van der Waals surface area contributed by atoms with Gasteiger partial charge in [0.15, 0.2) is 0 Å². The Labute approximate surface area is 149 Å². The monoisotopic (exact) mass is 371 g/mol. The van der Waals surface area contributed by atoms with Gasteiger partial charge in [-0.05, 0) is 43.9 Å². The minimum atomic E-state index is -3.65. The molecule has 2 aliphatic rings. The van der Waals surface area contributed by atoms with Crippen LogP contribution in [0.25, 0.3) is 0 Å². The fourth-order valence-electron chi connectivity index (χ4n) is 3.63. The molecule has 2 bridgehead atoms. The zero-order valence-corrected chi connectivity index (χ0v) is 15.4. The van der Waals surface area contributed by atoms with Crippen molar-refractivity contribution in [2.45, 2.75) is 48.7 Å². The van der Waals surface area contributed by atoms with Crippen LogP contribution < -0.4 is 10.1 Å². The molecule has 2 atom stereocenters. The predicted octanol–water partition coefficient (Wildman–Crippen LogP) is 1.89. The van der Waals surface area contributed by atoms with E-state index in [2.05, 4.69) is 5.32 Å². The Morgan fingerprint density at radius 3 is 2.46 bits per heavy atom. The maximum Gasteiger partial charge on any atom is 0.246 e. The molecular formula is C16H22ClN3O3S. The standard InChI is InChI=1S/C16H21N3O3S.ClH/c1-19(14-8-12-4-5-13(9-14)18-12)23(20,21)16-6-3-11(10-17)7-15(16)22-2;/h3,6-7,12-14,18H,4-5,8-9H2,1-2H3;1H. The van der Waals surface area contributed by atoms with Crippen molar-refractivity contribution in [3.8, 4) is 11.8 Å². The molecule has 2 unspecified atom stereocenters. The molecule has 2 heterocycles. The van der Waals surface area contributed by atoms with Crippen LogP contribution in [0.2, 0.25) is 0 Å². The van der Waals surface area contributed by atoms with Crippen molar-refractivity contribution in [2.24, 2.45) is 0 Å². The Balaban J connectivity index is 0.00000208. The van der Waals surface area contributed by atoms with Gasteiger partial charge in [0.1, 0.15) is 10.6 Å². The SMILES string of the molecule is COc1cc(C#N)ccc1S(=O)(=O)N(C)C1CC2CCC(C1)N2.Cl. The summed E-state index contributed by atoms with van der Waals surface area (Å²) in [6.45, 7) is 0. The molecule has 132 valence electrons. The lowest BCUT2D eigenvalue weighted by Crippen LogP contribution is -2.48. The van der Waals surface area contributed by atoms with E-state index in [0.717, 1.165) is 25.7 Å². The second kappa shape index (κ2) is 7.28. The Bertz CT molecular complexity index is 735. The van der Waals surface area contributed by atoms with E-state index < -0.39 is 10.0 Å². The zero-order valence-electron chi connectivity index (χ0n) is 13.7. The van der Waals surface area contributed by atoms with Crippen molar-refractivity contribution in [1.29, 1.82) is 5.26 Å². The van der Waals surface area contributed by atoms with Crippen LogP contribution in [-0.2, 0) is 10.0 Å². The predicted molar refractivity (Wildman–Crippen MR) is 92.9 cm³/mol. The first-order valence-electron chi connectivity index (χ1n) is 7.78. The molecule has 1 aromatic rings. The van der Waals surface area contributed by atoms with Crippen molar-refractivity contribution in [2.75, 3.05) is 14.2 Å². The van der Waals surface area contributed by atoms with Crippen molar-refractivity contribution in [1.82, 2.24) is 9.62 Å². The summed E-state index contributed by atoms with van der Waals surface area (Å²) < 4.78 is 32.6. The first-order chi connectivity index (χ1) is 11.0. The van der Waals surface area contributed by atoms with Gasteiger partial charge < -0.3 is 10.1 Å². The lowest BCUT2D eigenvalue weighted by atomic mass is 10.0. The molecule has 24 heavy (non-hydrogen) atoms. The Hall–Kier alpha value is -1.33. The summed E-state index contributed by atoms with van der Waals surface area (Å²) in [4.78, 5) is 0.118. The van der Waals surface area contributed by atoms with Gasteiger partial charge in [-0.25, -0.2) is 8.42 Å². The first kappa shape index (κ1) is 19.0. The van der Waals surface area contributed by atoms with Crippen molar-refractivity contribution < 1.29 is 13.2 Å². The highest BCUT2D eigenvalue weighted by molar-refractivity contribution is 7.89. The van der Waals surface area contributed by atoms with Gasteiger partial charge in [0.2, 0.25) is 10.0 Å². The number of hydrogen-bond acceptors (Lipinski definition) is 5. The molecule has 8 heteroatoms. The van der Waals surface area contributed by atoms with Crippen LogP contribution in [0.4, 0.5) is 0 Å². The third-order valence-electron chi connectivity index (χ3n) is 4.91. The van der Waals surface area contributed by atoms with E-state index in [-0.39, 0.29) is 29.1 Å². The third kappa shape index (κ3) is 3.38. The number of piperidine rings is 1. The highest BCUT2D eigenvalue weighted by atomic mass is 35.5. The molecule has 1 aromatic carbocycles. The minimum absolute atomic E-state index is 0. The third-order valence-corrected chi connectivity index (χ3v) is 6.86. The number of nitrogens with zero attached hydrogens (tertiary/aromatic N) is 2. The molecule has 2 fully saturated rings. The molecule has 0 amide bonds. The van der Waals surface area contributed by atoms with Crippen LogP contribution in [0, 0.1) is 11.3 Å². The van der Waals surface area contributed by atoms with Gasteiger partial charge in [-0.15, -0.1) is 12.4 Å². The Morgan fingerprint density at radius 1 is 1.29 bits per heavy atom. The molecule has 0 aliphatic carbocycles. The quantitative estimate of drug-likeness (QED) is 0.873. The number of methoxy groups -OCH3 is 1. The highest BCUT2D eigenvalue weighted by Crippen LogP contribution is 2.34. The largest absolute Gasteiger partial charge is 0.495 e. The molecular weight excluding hydrogens is 350 g/mol. The summed E-state index contributed by atoms with van der Waals surface area (Å²) in [7, 11) is -0.596. The number of nitriles is 1. The van der Waals surface area contributed by atoms with Crippen molar-refractivity contribution >= 4 is 22.4 Å². The van der Waals surface area contributed by atoms with Crippen molar-refractivity contribution in [3.05, 3.63) is 23.8 Å². The van der Waals surface area contributed by atoms with E-state index in [0.29, 0.717) is 17.6 Å². The summed E-state index contributed by atoms with van der Waals surface area (Å²) in [6.07, 6.45) is 3.92. The number of halogens is 1. The molecule has 3 rings (SSSR count). The molecule has 0 radical (unpaired) electrons. The number of hydrogen-bond donors (Lipinski definition) is 1. The van der Waals surface area contributed by atoms with Crippen LogP contribution in [-0.4, -0.2) is 45.0 Å². The summed E-state index contributed by atoms with van der Waals surface area (Å²) in [5.41, 5.74) is 0.378. The van der Waals surface area contributed by atoms with Crippen LogP contribution in [0.5, 0.6) is 5.75 Å². The Morgan fingerprint density at radius 2 is 1.92 bits per heavy atom. The van der Waals surface area contributed by atoms with Gasteiger partial charge in [0.05, 0.1) is 18.7 Å². The number of ether oxygens (including phenoxy) is 1. The van der Waals surface area contributed by atoms with E-state index in [9.17, 15) is 8.42 Å². The summed E-state index contributed by atoms with van der Waals surface area (Å²) in [5, 5.41) is 12.5. The minimum Gasteiger partial charge on any atom is -0.495 e. The van der Waals surface area contributed by atoms with Gasteiger partial charge in [-0.3, -0.25) is 0 Å². The number of rotatable bonds is 4. The van der Waals surface area contributed by atoms with E-state index in [4.69, 9.17) is 10.00 Å². The highest BCUT2D eigenvalue weighted by Gasteiger charge is 2.39. The maximum atomic E-state index is 13.0. The van der Waals surface area contributed by atoms with E-state index in [1.807, 2.05) is 6.07 Å². The van der Waals surface area contributed by atoms with Gasteiger partial charge in [0, 0.05) is 25.2 Å². The van der Waals surface area contributed by atoms with Crippen LogP contribution >= 0.6 is 12.4 Å². The molecule has 2 aliphatic heterocycles. The maximum absolute atomic E-state index is 13.0. The number of sulfonamides is 1. The molecule has 1 N–H and O–H groups in total. The summed E-state index contributed by atoms with van der Waals surface area (Å²) in [5.74, 6) is 0.216. The fourth-order valence-corrected chi connectivity index (χ4v) is 5.14. The smallest absolute Gasteiger partial charge is 0.246 e. The molecule has 2 saturated heterocycles.